The molecular weight excluding hydrogens is 319 g/mol. The Kier molecular flexibility index (Phi) is 10.4. The van der Waals surface area contributed by atoms with Crippen LogP contribution in [-0.4, -0.2) is 59.7 Å². The Balaban J connectivity index is 0.00000242. The molecule has 2 aromatic carbocycles. The van der Waals surface area contributed by atoms with E-state index in [2.05, 4.69) is 5.09 Å². The molecule has 8 heteroatoms. The van der Waals surface area contributed by atoms with Gasteiger partial charge < -0.3 is 10.00 Å². The molecule has 3 N–H and O–H groups in total. The normalized spacial score (nSPS) is 13.8. The molecule has 4 nitrogen and oxygen atoms in total. The third-order valence-corrected chi connectivity index (χ3v) is 5.63. The van der Waals surface area contributed by atoms with Gasteiger partial charge in [0.25, 0.3) is 0 Å². The summed E-state index contributed by atoms with van der Waals surface area (Å²) in [6, 6.07) is 17.1. The van der Waals surface area contributed by atoms with Gasteiger partial charge in [0.15, 0.2) is 6.42 Å². The van der Waals surface area contributed by atoms with E-state index >= 15 is 0 Å². The molecule has 0 fully saturated rings. The average molecular weight is 335 g/mol. The predicted molar refractivity (Wildman–Crippen MR) is 98.8 cm³/mol. The quantitative estimate of drug-likeness (QED) is 0.546. The van der Waals surface area contributed by atoms with Crippen molar-refractivity contribution >= 4 is 67.2 Å². The predicted octanol–water partition coefficient (Wildman–Crippen LogP) is 1.14. The van der Waals surface area contributed by atoms with Crippen LogP contribution in [-0.2, 0) is 23.0 Å². The maximum absolute atomic E-state index is 11.4. The molecular formula is C15H16Li2NO3PS. The largest absolute Gasteiger partial charge is 0.480 e. The Morgan fingerprint density at radius 2 is 1.52 bits per heavy atom. The first-order chi connectivity index (χ1) is 9.99. The van der Waals surface area contributed by atoms with E-state index in [1.54, 1.807) is 24.3 Å². The van der Waals surface area contributed by atoms with Crippen molar-refractivity contribution < 1.29 is 14.8 Å². The van der Waals surface area contributed by atoms with Crippen LogP contribution in [0.15, 0.2) is 60.7 Å². The second kappa shape index (κ2) is 10.5. The van der Waals surface area contributed by atoms with Gasteiger partial charge in [-0.05, 0) is 23.8 Å². The third kappa shape index (κ3) is 6.98. The molecule has 0 aliphatic rings. The van der Waals surface area contributed by atoms with Gasteiger partial charge in [-0.1, -0.05) is 60.7 Å². The molecule has 0 saturated carbocycles. The topological polar surface area (TPSA) is 69.6 Å². The molecule has 2 radical (unpaired) electrons. The van der Waals surface area contributed by atoms with E-state index in [0.29, 0.717) is 5.30 Å². The summed E-state index contributed by atoms with van der Waals surface area (Å²) >= 11 is 5.21. The van der Waals surface area contributed by atoms with E-state index in [-0.39, 0.29) is 44.1 Å². The van der Waals surface area contributed by atoms with E-state index in [0.717, 1.165) is 5.56 Å². The number of hydrogen-bond acceptors (Lipinski definition) is 2. The van der Waals surface area contributed by atoms with E-state index in [9.17, 15) is 14.8 Å². The van der Waals surface area contributed by atoms with E-state index in [1.165, 1.54) is 0 Å². The van der Waals surface area contributed by atoms with Crippen molar-refractivity contribution in [2.24, 2.45) is 0 Å². The van der Waals surface area contributed by atoms with Gasteiger partial charge in [-0.15, -0.1) is 0 Å². The van der Waals surface area contributed by atoms with Gasteiger partial charge >= 0.3 is 5.97 Å². The van der Waals surface area contributed by atoms with Gasteiger partial charge in [-0.25, -0.2) is 0 Å². The van der Waals surface area contributed by atoms with Crippen LogP contribution in [0.1, 0.15) is 5.56 Å². The Morgan fingerprint density at radius 3 is 2.00 bits per heavy atom. The zero-order valence-corrected chi connectivity index (χ0v) is 14.9. The Bertz CT molecular complexity index is 658. The fourth-order valence-electron chi connectivity index (χ4n) is 1.95. The first-order valence-electron chi connectivity index (χ1n) is 6.42. The molecule has 1 unspecified atom stereocenters. The Hall–Kier alpha value is -0.325. The summed E-state index contributed by atoms with van der Waals surface area (Å²) in [5.41, 5.74) is 0.875. The minimum Gasteiger partial charge on any atom is -0.480 e. The molecule has 0 bridgehead atoms. The standard InChI is InChI=1S/C15H16NO3PS.2Li/c17-15(18)14(11-12-7-3-1-4-8-12)16-20(19,21)13-9-5-2-6-10-13;;/h1-10,14H,11H2,(H,17,18)(H2,16,19,21);;/t14-,20?;;/m0../s1. The minimum absolute atomic E-state index is 0. The van der Waals surface area contributed by atoms with Crippen molar-refractivity contribution in [3.8, 4) is 0 Å². The maximum Gasteiger partial charge on any atom is 0.321 e. The number of carboxylic acids is 1. The second-order valence-corrected chi connectivity index (χ2v) is 8.13. The molecule has 0 aliphatic heterocycles. The number of carbonyl (C=O) groups is 1. The summed E-state index contributed by atoms with van der Waals surface area (Å²) in [5.74, 6) is -1.03. The summed E-state index contributed by atoms with van der Waals surface area (Å²) in [6.45, 7) is 0. The summed E-state index contributed by atoms with van der Waals surface area (Å²) < 4.78 is 0. The Labute approximate surface area is 165 Å². The smallest absolute Gasteiger partial charge is 0.321 e. The van der Waals surface area contributed by atoms with E-state index in [4.69, 9.17) is 11.8 Å². The van der Waals surface area contributed by atoms with Crippen LogP contribution in [0.4, 0.5) is 0 Å². The minimum atomic E-state index is -3.09. The van der Waals surface area contributed by atoms with Gasteiger partial charge in [0, 0.05) is 43.0 Å². The van der Waals surface area contributed by atoms with Crippen LogP contribution in [0.2, 0.25) is 0 Å². The fourth-order valence-corrected chi connectivity index (χ4v) is 4.05. The number of carboxylic acid groups (broad SMARTS) is 1. The van der Waals surface area contributed by atoms with Crippen LogP contribution < -0.4 is 10.4 Å². The SMILES string of the molecule is O=C(O)[C@H](Cc1ccccc1)NP(O)(=S)c1ccccc1.[Li].[Li]. The summed E-state index contributed by atoms with van der Waals surface area (Å²) in [7, 11) is 0. The van der Waals surface area contributed by atoms with Crippen LogP contribution in [0.5, 0.6) is 0 Å². The summed E-state index contributed by atoms with van der Waals surface area (Å²) in [4.78, 5) is 21.8. The molecule has 2 atom stereocenters. The molecule has 0 amide bonds. The fraction of sp³-hybridized carbons (Fsp3) is 0.133. The van der Waals surface area contributed by atoms with Crippen LogP contribution in [0.25, 0.3) is 0 Å². The maximum atomic E-state index is 11.4. The average Bonchev–Trinajstić information content (AvgIpc) is 2.48. The van der Waals surface area contributed by atoms with Gasteiger partial charge in [-0.2, -0.15) is 0 Å². The van der Waals surface area contributed by atoms with Crippen molar-refractivity contribution in [2.75, 3.05) is 0 Å². The zero-order chi connectivity index (χ0) is 15.3. The van der Waals surface area contributed by atoms with Crippen molar-refractivity contribution in [3.63, 3.8) is 0 Å². The summed E-state index contributed by atoms with van der Waals surface area (Å²) in [5, 5.41) is 12.6. The summed E-state index contributed by atoms with van der Waals surface area (Å²) in [6.07, 6.45) is -2.82. The number of nitrogens with one attached hydrogen (secondary N) is 1. The molecule has 0 spiro atoms. The van der Waals surface area contributed by atoms with Gasteiger partial charge in [-0.3, -0.25) is 9.88 Å². The van der Waals surface area contributed by atoms with Crippen molar-refractivity contribution in [1.29, 1.82) is 0 Å². The number of aliphatic carboxylic acids is 1. The van der Waals surface area contributed by atoms with Gasteiger partial charge in [0.2, 0.25) is 0 Å². The van der Waals surface area contributed by atoms with Gasteiger partial charge in [0.05, 0.1) is 0 Å². The number of benzene rings is 2. The molecule has 0 aromatic heterocycles. The van der Waals surface area contributed by atoms with Crippen molar-refractivity contribution in [2.45, 2.75) is 12.5 Å². The second-order valence-electron chi connectivity index (χ2n) is 4.62. The molecule has 0 heterocycles. The first-order valence-corrected chi connectivity index (χ1v) is 9.17. The van der Waals surface area contributed by atoms with Crippen LogP contribution in [0, 0.1) is 0 Å². The molecule has 2 aromatic rings. The molecule has 0 saturated heterocycles. The van der Waals surface area contributed by atoms with E-state index in [1.807, 2.05) is 36.4 Å². The van der Waals surface area contributed by atoms with Gasteiger partial charge in [0.1, 0.15) is 6.04 Å². The van der Waals surface area contributed by atoms with E-state index < -0.39 is 18.4 Å². The number of rotatable bonds is 6. The van der Waals surface area contributed by atoms with Crippen molar-refractivity contribution in [1.82, 2.24) is 5.09 Å². The molecule has 2 rings (SSSR count). The molecule has 23 heavy (non-hydrogen) atoms. The molecule has 112 valence electrons. The Morgan fingerprint density at radius 1 is 1.04 bits per heavy atom. The van der Waals surface area contributed by atoms with Crippen molar-refractivity contribution in [3.05, 3.63) is 66.2 Å². The zero-order valence-electron chi connectivity index (χ0n) is 13.2. The third-order valence-electron chi connectivity index (χ3n) is 3.02. The molecule has 0 aliphatic carbocycles. The number of hydrogen-bond donors (Lipinski definition) is 3. The monoisotopic (exact) mass is 335 g/mol. The first kappa shape index (κ1) is 22.7. The van der Waals surface area contributed by atoms with Crippen LogP contribution in [0.3, 0.4) is 0 Å². The van der Waals surface area contributed by atoms with Crippen LogP contribution >= 0.6 is 6.42 Å².